The Morgan fingerprint density at radius 1 is 1.04 bits per heavy atom. The molecule has 0 bridgehead atoms. The number of hydrogen-bond donors (Lipinski definition) is 3. The fourth-order valence-corrected chi connectivity index (χ4v) is 7.67. The van der Waals surface area contributed by atoms with E-state index >= 15 is 0 Å². The minimum absolute atomic E-state index is 0.0155. The lowest BCUT2D eigenvalue weighted by molar-refractivity contribution is -0.134. The standard InChI is InChI=1S/C34H50N4O7S/c1-7-37-17-11-14-27(37)32(40)36-31(34(4,5)6)33(41)35-26(18-24-12-9-8-10-13-24)28(39)21-38(20-23(2)3)46(42,43)25-15-16-29-30(19-25)45-22-44-29/h8-10,12-13,15-16,19,23,26-28,31,39H,7,11,14,17-18,20-22H2,1-6H3,(H,35,41)(H,36,40)/t26-,27-,28+,31+/m0/s1. The van der Waals surface area contributed by atoms with E-state index in [1.165, 1.54) is 16.4 Å². The van der Waals surface area contributed by atoms with Crippen LogP contribution in [-0.4, -0.2) is 91.7 Å². The predicted octanol–water partition coefficient (Wildman–Crippen LogP) is 3.17. The lowest BCUT2D eigenvalue weighted by Gasteiger charge is -2.35. The Hall–Kier alpha value is -3.19. The third-order valence-electron chi connectivity index (χ3n) is 8.52. The predicted molar refractivity (Wildman–Crippen MR) is 176 cm³/mol. The quantitative estimate of drug-likeness (QED) is 0.282. The molecule has 46 heavy (non-hydrogen) atoms. The summed E-state index contributed by atoms with van der Waals surface area (Å²) < 4.78 is 39.9. The van der Waals surface area contributed by atoms with Gasteiger partial charge in [-0.15, -0.1) is 0 Å². The van der Waals surface area contributed by atoms with Crippen LogP contribution in [0.15, 0.2) is 53.4 Å². The third-order valence-corrected chi connectivity index (χ3v) is 10.3. The number of nitrogens with zero attached hydrogens (tertiary/aromatic N) is 2. The molecule has 2 aliphatic heterocycles. The number of benzene rings is 2. The molecule has 4 atom stereocenters. The Morgan fingerprint density at radius 3 is 2.39 bits per heavy atom. The van der Waals surface area contributed by atoms with Crippen LogP contribution in [0.5, 0.6) is 11.5 Å². The first kappa shape index (κ1) is 35.7. The minimum Gasteiger partial charge on any atom is -0.454 e. The molecule has 2 amide bonds. The molecule has 1 fully saturated rings. The maximum absolute atomic E-state index is 14.0. The number of carbonyl (C=O) groups excluding carboxylic acids is 2. The molecule has 11 nitrogen and oxygen atoms in total. The lowest BCUT2D eigenvalue weighted by atomic mass is 9.85. The summed E-state index contributed by atoms with van der Waals surface area (Å²) in [6.07, 6.45) is 0.640. The van der Waals surface area contributed by atoms with E-state index in [1.807, 2.05) is 71.9 Å². The second-order valence-electron chi connectivity index (χ2n) is 13.7. The van der Waals surface area contributed by atoms with Crippen molar-refractivity contribution < 1.29 is 32.6 Å². The molecule has 0 aliphatic carbocycles. The van der Waals surface area contributed by atoms with Gasteiger partial charge in [0.05, 0.1) is 23.1 Å². The summed E-state index contributed by atoms with van der Waals surface area (Å²) in [5, 5.41) is 17.7. The van der Waals surface area contributed by atoms with Gasteiger partial charge in [-0.2, -0.15) is 4.31 Å². The largest absolute Gasteiger partial charge is 0.454 e. The first-order valence-electron chi connectivity index (χ1n) is 16.2. The third kappa shape index (κ3) is 8.78. The number of hydrogen-bond acceptors (Lipinski definition) is 8. The molecular weight excluding hydrogens is 608 g/mol. The van der Waals surface area contributed by atoms with Gasteiger partial charge < -0.3 is 25.2 Å². The zero-order valence-corrected chi connectivity index (χ0v) is 28.7. The smallest absolute Gasteiger partial charge is 0.243 e. The second kappa shape index (κ2) is 15.1. The summed E-state index contributed by atoms with van der Waals surface area (Å²) in [6, 6.07) is 11.8. The van der Waals surface area contributed by atoms with Crippen molar-refractivity contribution in [3.63, 3.8) is 0 Å². The molecule has 12 heteroatoms. The molecule has 0 aromatic heterocycles. The highest BCUT2D eigenvalue weighted by Crippen LogP contribution is 2.35. The molecule has 2 aromatic carbocycles. The van der Waals surface area contributed by atoms with E-state index in [9.17, 15) is 23.1 Å². The fraction of sp³-hybridized carbons (Fsp3) is 0.588. The summed E-state index contributed by atoms with van der Waals surface area (Å²) in [6.45, 7) is 13.0. The van der Waals surface area contributed by atoms with Crippen molar-refractivity contribution >= 4 is 21.8 Å². The molecule has 3 N–H and O–H groups in total. The van der Waals surface area contributed by atoms with E-state index in [0.29, 0.717) is 11.5 Å². The van der Waals surface area contributed by atoms with E-state index in [1.54, 1.807) is 6.07 Å². The zero-order chi connectivity index (χ0) is 33.6. The van der Waals surface area contributed by atoms with E-state index in [-0.39, 0.29) is 49.1 Å². The van der Waals surface area contributed by atoms with Crippen molar-refractivity contribution in [2.45, 2.75) is 89.9 Å². The first-order chi connectivity index (χ1) is 21.7. The van der Waals surface area contributed by atoms with Crippen LogP contribution in [0.25, 0.3) is 0 Å². The van der Waals surface area contributed by atoms with E-state index in [2.05, 4.69) is 15.5 Å². The highest BCUT2D eigenvalue weighted by atomic mass is 32.2. The molecule has 2 heterocycles. The van der Waals surface area contributed by atoms with Crippen molar-refractivity contribution in [3.05, 3.63) is 54.1 Å². The number of rotatable bonds is 14. The summed E-state index contributed by atoms with van der Waals surface area (Å²) in [5.41, 5.74) is 0.228. The van der Waals surface area contributed by atoms with Crippen LogP contribution in [-0.2, 0) is 26.0 Å². The molecule has 1 saturated heterocycles. The highest BCUT2D eigenvalue weighted by molar-refractivity contribution is 7.89. The Labute approximate surface area is 273 Å². The summed E-state index contributed by atoms with van der Waals surface area (Å²) in [5.74, 6) is 0.145. The van der Waals surface area contributed by atoms with Crippen LogP contribution >= 0.6 is 0 Å². The molecular formula is C34H50N4O7S. The van der Waals surface area contributed by atoms with Crippen LogP contribution in [0.2, 0.25) is 0 Å². The van der Waals surface area contributed by atoms with E-state index in [4.69, 9.17) is 9.47 Å². The lowest BCUT2D eigenvalue weighted by Crippen LogP contribution is -2.60. The van der Waals surface area contributed by atoms with Gasteiger partial charge in [0.1, 0.15) is 6.04 Å². The monoisotopic (exact) mass is 658 g/mol. The maximum Gasteiger partial charge on any atom is 0.243 e. The molecule has 0 spiro atoms. The van der Waals surface area contributed by atoms with Gasteiger partial charge in [-0.05, 0) is 61.4 Å². The first-order valence-corrected chi connectivity index (χ1v) is 17.6. The Morgan fingerprint density at radius 2 is 1.74 bits per heavy atom. The Kier molecular flexibility index (Phi) is 11.7. The number of ether oxygens (including phenoxy) is 2. The van der Waals surface area contributed by atoms with Crippen molar-refractivity contribution in [2.24, 2.45) is 11.3 Å². The average Bonchev–Trinajstić information content (AvgIpc) is 3.68. The van der Waals surface area contributed by atoms with Gasteiger partial charge in [0.15, 0.2) is 11.5 Å². The van der Waals surface area contributed by atoms with Gasteiger partial charge in [0.2, 0.25) is 28.6 Å². The van der Waals surface area contributed by atoms with Crippen molar-refractivity contribution in [3.8, 4) is 11.5 Å². The number of aliphatic hydroxyl groups excluding tert-OH is 1. The number of aliphatic hydroxyl groups is 1. The maximum atomic E-state index is 14.0. The van der Waals surface area contributed by atoms with Crippen LogP contribution in [0.4, 0.5) is 0 Å². The average molecular weight is 659 g/mol. The van der Waals surface area contributed by atoms with E-state index < -0.39 is 39.5 Å². The topological polar surface area (TPSA) is 138 Å². The summed E-state index contributed by atoms with van der Waals surface area (Å²) in [7, 11) is -4.06. The molecule has 4 rings (SSSR count). The fourth-order valence-electron chi connectivity index (χ4n) is 6.03. The van der Waals surface area contributed by atoms with Crippen molar-refractivity contribution in [2.75, 3.05) is 33.0 Å². The number of likely N-dealkylation sites (tertiary alicyclic amines) is 1. The molecule has 2 aliphatic rings. The van der Waals surface area contributed by atoms with Gasteiger partial charge in [0.25, 0.3) is 0 Å². The molecule has 0 saturated carbocycles. The number of likely N-dealkylation sites (N-methyl/N-ethyl adjacent to an activating group) is 1. The number of nitrogens with one attached hydrogen (secondary N) is 2. The van der Waals surface area contributed by atoms with Crippen molar-refractivity contribution in [1.29, 1.82) is 0 Å². The van der Waals surface area contributed by atoms with Gasteiger partial charge in [-0.3, -0.25) is 14.5 Å². The van der Waals surface area contributed by atoms with Gasteiger partial charge in [0, 0.05) is 19.2 Å². The van der Waals surface area contributed by atoms with Gasteiger partial charge >= 0.3 is 0 Å². The molecule has 254 valence electrons. The number of fused-ring (bicyclic) bond motifs is 1. The van der Waals surface area contributed by atoms with Crippen LogP contribution in [0, 0.1) is 11.3 Å². The molecule has 0 radical (unpaired) electrons. The van der Waals surface area contributed by atoms with Crippen LogP contribution in [0.1, 0.15) is 59.9 Å². The normalized spacial score (nSPS) is 18.8. The van der Waals surface area contributed by atoms with Crippen molar-refractivity contribution in [1.82, 2.24) is 19.8 Å². The number of carbonyl (C=O) groups is 2. The van der Waals surface area contributed by atoms with Gasteiger partial charge in [-0.25, -0.2) is 8.42 Å². The van der Waals surface area contributed by atoms with Crippen LogP contribution in [0.3, 0.4) is 0 Å². The number of amides is 2. The molecule has 2 aromatic rings. The highest BCUT2D eigenvalue weighted by Gasteiger charge is 2.39. The zero-order valence-electron chi connectivity index (χ0n) is 27.9. The van der Waals surface area contributed by atoms with Crippen LogP contribution < -0.4 is 20.1 Å². The SMILES string of the molecule is CCN1CCC[C@H]1C(=O)N[C@H](C(=O)N[C@@H](Cc1ccccc1)[C@H](O)CN(CC(C)C)S(=O)(=O)c1ccc2c(c1)OCO2)C(C)(C)C. The summed E-state index contributed by atoms with van der Waals surface area (Å²) >= 11 is 0. The van der Waals surface area contributed by atoms with Gasteiger partial charge in [-0.1, -0.05) is 71.9 Å². The molecule has 0 unspecified atom stereocenters. The van der Waals surface area contributed by atoms with E-state index in [0.717, 1.165) is 31.5 Å². The number of sulfonamides is 1. The summed E-state index contributed by atoms with van der Waals surface area (Å²) in [4.78, 5) is 29.5. The minimum atomic E-state index is -4.06. The second-order valence-corrected chi connectivity index (χ2v) is 15.6. The Bertz CT molecular complexity index is 1450. The Balaban J connectivity index is 1.59.